The molecule has 0 spiro atoms. The molecule has 1 aliphatic rings. The number of sulfone groups is 1. The molecule has 6 nitrogen and oxygen atoms in total. The summed E-state index contributed by atoms with van der Waals surface area (Å²) in [7, 11) is -3.53. The summed E-state index contributed by atoms with van der Waals surface area (Å²) in [6.45, 7) is 2.65. The number of carboxylic acid groups (broad SMARTS) is 1. The third-order valence-corrected chi connectivity index (χ3v) is 5.71. The number of carboxylic acids is 1. The molecule has 1 aliphatic heterocycles. The SMILES string of the molecule is Cc1ccc(C(=O)O)cc1S(=O)(=O)CCCOC1CCCCO1. The highest BCUT2D eigenvalue weighted by Gasteiger charge is 2.20. The number of benzene rings is 1. The van der Waals surface area contributed by atoms with Crippen molar-refractivity contribution in [1.82, 2.24) is 0 Å². The minimum atomic E-state index is -3.53. The standard InChI is InChI=1S/C16H22O6S/c1-12-6-7-13(16(17)18)11-14(12)23(19,20)10-4-9-22-15-5-2-3-8-21-15/h6-7,11,15H,2-5,8-10H2,1H3,(H,17,18). The Morgan fingerprint density at radius 1 is 1.39 bits per heavy atom. The normalized spacial score (nSPS) is 18.7. The number of aromatic carboxylic acids is 1. The highest BCUT2D eigenvalue weighted by Crippen LogP contribution is 2.20. The Bertz CT molecular complexity index is 647. The molecule has 0 amide bonds. The van der Waals surface area contributed by atoms with Crippen molar-refractivity contribution in [3.8, 4) is 0 Å². The van der Waals surface area contributed by atoms with Crippen LogP contribution in [0.15, 0.2) is 23.1 Å². The topological polar surface area (TPSA) is 89.9 Å². The van der Waals surface area contributed by atoms with Crippen LogP contribution < -0.4 is 0 Å². The summed E-state index contributed by atoms with van der Waals surface area (Å²) in [6, 6.07) is 4.14. The molecule has 7 heteroatoms. The largest absolute Gasteiger partial charge is 0.478 e. The average Bonchev–Trinajstić information content (AvgIpc) is 2.52. The second-order valence-corrected chi connectivity index (χ2v) is 7.70. The van der Waals surface area contributed by atoms with Crippen molar-refractivity contribution in [2.75, 3.05) is 19.0 Å². The Morgan fingerprint density at radius 3 is 2.83 bits per heavy atom. The lowest BCUT2D eigenvalue weighted by Crippen LogP contribution is -2.23. The number of rotatable bonds is 7. The lowest BCUT2D eigenvalue weighted by Gasteiger charge is -2.22. The van der Waals surface area contributed by atoms with Crippen molar-refractivity contribution in [2.45, 2.75) is 43.8 Å². The van der Waals surface area contributed by atoms with E-state index in [1.807, 2.05) is 0 Å². The molecule has 1 aromatic carbocycles. The van der Waals surface area contributed by atoms with E-state index >= 15 is 0 Å². The van der Waals surface area contributed by atoms with Crippen molar-refractivity contribution >= 4 is 15.8 Å². The van der Waals surface area contributed by atoms with Crippen LogP contribution >= 0.6 is 0 Å². The summed E-state index contributed by atoms with van der Waals surface area (Å²) < 4.78 is 35.7. The number of carbonyl (C=O) groups is 1. The van der Waals surface area contributed by atoms with Gasteiger partial charge >= 0.3 is 5.97 Å². The number of hydrogen-bond donors (Lipinski definition) is 1. The molecule has 1 atom stereocenters. The molecule has 1 saturated heterocycles. The van der Waals surface area contributed by atoms with E-state index < -0.39 is 15.8 Å². The van der Waals surface area contributed by atoms with Gasteiger partial charge in [0, 0.05) is 6.61 Å². The number of hydrogen-bond acceptors (Lipinski definition) is 5. The summed E-state index contributed by atoms with van der Waals surface area (Å²) in [6.07, 6.45) is 3.05. The molecule has 23 heavy (non-hydrogen) atoms. The van der Waals surface area contributed by atoms with Gasteiger partial charge in [-0.25, -0.2) is 13.2 Å². The van der Waals surface area contributed by atoms with Crippen molar-refractivity contribution in [2.24, 2.45) is 0 Å². The smallest absolute Gasteiger partial charge is 0.335 e. The van der Waals surface area contributed by atoms with Crippen LogP contribution in [0, 0.1) is 6.92 Å². The molecule has 128 valence electrons. The Hall–Kier alpha value is -1.44. The van der Waals surface area contributed by atoms with Crippen LogP contribution in [0.3, 0.4) is 0 Å². The monoisotopic (exact) mass is 342 g/mol. The van der Waals surface area contributed by atoms with Gasteiger partial charge in [-0.1, -0.05) is 6.07 Å². The van der Waals surface area contributed by atoms with Gasteiger partial charge < -0.3 is 14.6 Å². The molecule has 2 rings (SSSR count). The average molecular weight is 342 g/mol. The van der Waals surface area contributed by atoms with Gasteiger partial charge in [0.25, 0.3) is 0 Å². The van der Waals surface area contributed by atoms with E-state index in [0.29, 0.717) is 25.2 Å². The van der Waals surface area contributed by atoms with Gasteiger partial charge in [-0.2, -0.15) is 0 Å². The summed E-state index contributed by atoms with van der Waals surface area (Å²) >= 11 is 0. The van der Waals surface area contributed by atoms with Gasteiger partial charge in [0.15, 0.2) is 16.1 Å². The zero-order valence-corrected chi connectivity index (χ0v) is 14.0. The first-order valence-electron chi connectivity index (χ1n) is 7.70. The van der Waals surface area contributed by atoms with E-state index in [9.17, 15) is 13.2 Å². The van der Waals surface area contributed by atoms with E-state index in [0.717, 1.165) is 19.3 Å². The van der Waals surface area contributed by atoms with Crippen LogP contribution in [0.2, 0.25) is 0 Å². The first kappa shape index (κ1) is 17.9. The molecule has 1 aromatic rings. The van der Waals surface area contributed by atoms with E-state index in [-0.39, 0.29) is 22.5 Å². The number of aryl methyl sites for hydroxylation is 1. The molecule has 1 N–H and O–H groups in total. The Morgan fingerprint density at radius 2 is 2.17 bits per heavy atom. The molecule has 0 saturated carbocycles. The second kappa shape index (κ2) is 7.90. The Balaban J connectivity index is 1.93. The van der Waals surface area contributed by atoms with Gasteiger partial charge in [0.1, 0.15) is 0 Å². The fourth-order valence-electron chi connectivity index (χ4n) is 2.48. The summed E-state index contributed by atoms with van der Waals surface area (Å²) in [5, 5.41) is 9.00. The molecule has 1 unspecified atom stereocenters. The maximum atomic E-state index is 12.4. The van der Waals surface area contributed by atoms with Crippen LogP contribution in [0.25, 0.3) is 0 Å². The maximum Gasteiger partial charge on any atom is 0.335 e. The highest BCUT2D eigenvalue weighted by molar-refractivity contribution is 7.91. The molecule has 0 aromatic heterocycles. The van der Waals surface area contributed by atoms with Crippen LogP contribution in [0.4, 0.5) is 0 Å². The molecule has 1 heterocycles. The zero-order chi connectivity index (χ0) is 16.9. The van der Waals surface area contributed by atoms with Crippen LogP contribution in [0.1, 0.15) is 41.6 Å². The van der Waals surface area contributed by atoms with Gasteiger partial charge in [0.05, 0.1) is 22.8 Å². The first-order chi connectivity index (χ1) is 10.9. The van der Waals surface area contributed by atoms with Crippen molar-refractivity contribution < 1.29 is 27.8 Å². The summed E-state index contributed by atoms with van der Waals surface area (Å²) in [5.41, 5.74) is 0.521. The minimum Gasteiger partial charge on any atom is -0.478 e. The Kier molecular flexibility index (Phi) is 6.15. The zero-order valence-electron chi connectivity index (χ0n) is 13.2. The maximum absolute atomic E-state index is 12.4. The first-order valence-corrected chi connectivity index (χ1v) is 9.35. The van der Waals surface area contributed by atoms with Crippen LogP contribution in [-0.2, 0) is 19.3 Å². The fraction of sp³-hybridized carbons (Fsp3) is 0.562. The predicted molar refractivity (Wildman–Crippen MR) is 84.4 cm³/mol. The summed E-state index contributed by atoms with van der Waals surface area (Å²) in [5.74, 6) is -1.22. The van der Waals surface area contributed by atoms with Gasteiger partial charge in [-0.05, 0) is 50.3 Å². The quantitative estimate of drug-likeness (QED) is 0.765. The third-order valence-electron chi connectivity index (χ3n) is 3.77. The van der Waals surface area contributed by atoms with E-state index in [4.69, 9.17) is 14.6 Å². The van der Waals surface area contributed by atoms with Crippen molar-refractivity contribution in [1.29, 1.82) is 0 Å². The minimum absolute atomic E-state index is 0.0268. The van der Waals surface area contributed by atoms with Gasteiger partial charge in [0.2, 0.25) is 0 Å². The van der Waals surface area contributed by atoms with E-state index in [1.54, 1.807) is 6.92 Å². The van der Waals surface area contributed by atoms with Crippen molar-refractivity contribution in [3.63, 3.8) is 0 Å². The molecule has 0 radical (unpaired) electrons. The number of ether oxygens (including phenoxy) is 2. The summed E-state index contributed by atoms with van der Waals surface area (Å²) in [4.78, 5) is 11.1. The van der Waals surface area contributed by atoms with Crippen LogP contribution in [0.5, 0.6) is 0 Å². The van der Waals surface area contributed by atoms with Crippen molar-refractivity contribution in [3.05, 3.63) is 29.3 Å². The molecule has 0 aliphatic carbocycles. The third kappa shape index (κ3) is 5.02. The van der Waals surface area contributed by atoms with E-state index in [1.165, 1.54) is 18.2 Å². The molecular formula is C16H22O6S. The fourth-order valence-corrected chi connectivity index (χ4v) is 4.07. The lowest BCUT2D eigenvalue weighted by atomic mass is 10.1. The predicted octanol–water partition coefficient (Wildman–Crippen LogP) is 2.40. The van der Waals surface area contributed by atoms with E-state index in [2.05, 4.69) is 0 Å². The van der Waals surface area contributed by atoms with Crippen LogP contribution in [-0.4, -0.2) is 44.8 Å². The lowest BCUT2D eigenvalue weighted by molar-refractivity contribution is -0.162. The second-order valence-electron chi connectivity index (χ2n) is 5.62. The van der Waals surface area contributed by atoms with Gasteiger partial charge in [-0.15, -0.1) is 0 Å². The highest BCUT2D eigenvalue weighted by atomic mass is 32.2. The molecule has 0 bridgehead atoms. The molecular weight excluding hydrogens is 320 g/mol. The molecule has 1 fully saturated rings. The Labute approximate surface area is 136 Å². The van der Waals surface area contributed by atoms with Gasteiger partial charge in [-0.3, -0.25) is 0 Å².